The lowest BCUT2D eigenvalue weighted by atomic mass is 9.99. The van der Waals surface area contributed by atoms with Crippen molar-refractivity contribution in [1.82, 2.24) is 24.6 Å². The van der Waals surface area contributed by atoms with Gasteiger partial charge in [0.1, 0.15) is 17.3 Å². The zero-order valence-electron chi connectivity index (χ0n) is 18.6. The van der Waals surface area contributed by atoms with E-state index in [0.717, 1.165) is 42.1 Å². The second-order valence-electron chi connectivity index (χ2n) is 8.60. The molecule has 2 aliphatic heterocycles. The monoisotopic (exact) mass is 458 g/mol. The molecular weight excluding hydrogens is 435 g/mol. The van der Waals surface area contributed by atoms with E-state index in [1.165, 1.54) is 12.1 Å². The van der Waals surface area contributed by atoms with E-state index in [0.29, 0.717) is 35.4 Å². The molecule has 0 spiro atoms. The van der Waals surface area contributed by atoms with Crippen LogP contribution in [0.25, 0.3) is 16.9 Å². The maximum atomic E-state index is 13.6. The predicted molar refractivity (Wildman–Crippen MR) is 125 cm³/mol. The van der Waals surface area contributed by atoms with Crippen molar-refractivity contribution in [2.75, 3.05) is 25.5 Å². The fourth-order valence-electron chi connectivity index (χ4n) is 4.65. The molecule has 2 N–H and O–H groups in total. The molecule has 0 bridgehead atoms. The van der Waals surface area contributed by atoms with Gasteiger partial charge in [0.2, 0.25) is 0 Å². The van der Waals surface area contributed by atoms with Gasteiger partial charge >= 0.3 is 0 Å². The number of ether oxygens (including phenoxy) is 1. The van der Waals surface area contributed by atoms with Crippen LogP contribution in [0.5, 0.6) is 0 Å². The average Bonchev–Trinajstić information content (AvgIpc) is 3.40. The number of benzene rings is 1. The molecular formula is C25H23FN6O2. The molecule has 2 aliphatic rings. The van der Waals surface area contributed by atoms with E-state index < -0.39 is 0 Å². The molecule has 0 atom stereocenters. The Balaban J connectivity index is 1.31. The maximum absolute atomic E-state index is 13.6. The van der Waals surface area contributed by atoms with E-state index in [2.05, 4.69) is 20.5 Å². The number of carbonyl (C=O) groups is 1. The maximum Gasteiger partial charge on any atom is 0.254 e. The molecule has 0 saturated carbocycles. The quantitative estimate of drug-likeness (QED) is 0.461. The van der Waals surface area contributed by atoms with Gasteiger partial charge in [0.05, 0.1) is 34.9 Å². The highest BCUT2D eigenvalue weighted by atomic mass is 19.1. The van der Waals surface area contributed by atoms with Gasteiger partial charge in [-0.3, -0.25) is 14.1 Å². The summed E-state index contributed by atoms with van der Waals surface area (Å²) in [6.07, 6.45) is 3.65. The van der Waals surface area contributed by atoms with Crippen LogP contribution in [0.15, 0.2) is 54.9 Å². The number of amides is 1. The van der Waals surface area contributed by atoms with E-state index in [1.807, 2.05) is 34.7 Å². The van der Waals surface area contributed by atoms with E-state index in [1.54, 1.807) is 19.5 Å². The van der Waals surface area contributed by atoms with Gasteiger partial charge in [-0.25, -0.2) is 14.4 Å². The van der Waals surface area contributed by atoms with Crippen molar-refractivity contribution in [3.05, 3.63) is 77.5 Å². The average molecular weight is 458 g/mol. The van der Waals surface area contributed by atoms with Crippen molar-refractivity contribution < 1.29 is 13.9 Å². The molecule has 9 heteroatoms. The second-order valence-corrected chi connectivity index (χ2v) is 8.60. The van der Waals surface area contributed by atoms with Gasteiger partial charge in [-0.1, -0.05) is 12.1 Å². The molecule has 0 unspecified atom stereocenters. The lowest BCUT2D eigenvalue weighted by Gasteiger charge is -2.37. The Morgan fingerprint density at radius 3 is 2.97 bits per heavy atom. The zero-order chi connectivity index (χ0) is 23.2. The summed E-state index contributed by atoms with van der Waals surface area (Å²) in [4.78, 5) is 24.1. The lowest BCUT2D eigenvalue weighted by Crippen LogP contribution is -2.51. The number of likely N-dealkylation sites (tertiary alicyclic amines) is 1. The van der Waals surface area contributed by atoms with Gasteiger partial charge in [-0.15, -0.1) is 0 Å². The Bertz CT molecular complexity index is 1410. The number of imidazole rings is 1. The summed E-state index contributed by atoms with van der Waals surface area (Å²) in [6, 6.07) is 12.5. The first-order chi connectivity index (χ1) is 16.6. The van der Waals surface area contributed by atoms with Crippen LogP contribution in [0.1, 0.15) is 21.6 Å². The minimum Gasteiger partial charge on any atom is -0.379 e. The summed E-state index contributed by atoms with van der Waals surface area (Å²) >= 11 is 0. The van der Waals surface area contributed by atoms with Crippen molar-refractivity contribution in [2.45, 2.75) is 19.2 Å². The first-order valence-electron chi connectivity index (χ1n) is 11.1. The van der Waals surface area contributed by atoms with Crippen LogP contribution in [0.4, 0.5) is 15.9 Å². The lowest BCUT2D eigenvalue weighted by molar-refractivity contribution is -0.0338. The van der Waals surface area contributed by atoms with Crippen molar-refractivity contribution in [2.24, 2.45) is 0 Å². The molecule has 3 aromatic heterocycles. The number of nitrogens with zero attached hydrogens (tertiary/aromatic N) is 4. The zero-order valence-corrected chi connectivity index (χ0v) is 18.6. The van der Waals surface area contributed by atoms with Crippen LogP contribution in [0, 0.1) is 5.82 Å². The number of fused-ring (bicyclic) bond motifs is 2. The Morgan fingerprint density at radius 2 is 2.12 bits per heavy atom. The number of rotatable bonds is 6. The van der Waals surface area contributed by atoms with E-state index >= 15 is 0 Å². The van der Waals surface area contributed by atoms with E-state index in [-0.39, 0.29) is 11.7 Å². The number of halogens is 1. The van der Waals surface area contributed by atoms with Gasteiger partial charge in [0.25, 0.3) is 5.91 Å². The Morgan fingerprint density at radius 1 is 1.24 bits per heavy atom. The van der Waals surface area contributed by atoms with Gasteiger partial charge < -0.3 is 15.4 Å². The second kappa shape index (κ2) is 8.19. The summed E-state index contributed by atoms with van der Waals surface area (Å²) in [7, 11) is 1.74. The van der Waals surface area contributed by atoms with Gasteiger partial charge in [-0.2, -0.15) is 0 Å². The van der Waals surface area contributed by atoms with Crippen LogP contribution in [-0.2, 0) is 17.8 Å². The number of anilines is 2. The minimum absolute atomic E-state index is 0.137. The number of aromatic nitrogens is 3. The smallest absolute Gasteiger partial charge is 0.254 e. The third-order valence-corrected chi connectivity index (χ3v) is 6.43. The molecule has 8 nitrogen and oxygen atoms in total. The van der Waals surface area contributed by atoms with Gasteiger partial charge in [0, 0.05) is 51.1 Å². The van der Waals surface area contributed by atoms with Crippen molar-refractivity contribution in [3.8, 4) is 11.3 Å². The highest BCUT2D eigenvalue weighted by Gasteiger charge is 2.28. The van der Waals surface area contributed by atoms with E-state index in [4.69, 9.17) is 9.72 Å². The third kappa shape index (κ3) is 3.59. The Hall–Kier alpha value is -3.82. The number of pyridine rings is 2. The van der Waals surface area contributed by atoms with Crippen LogP contribution >= 0.6 is 0 Å². The molecule has 1 amide bonds. The first kappa shape index (κ1) is 20.8. The summed E-state index contributed by atoms with van der Waals surface area (Å²) in [5.74, 6) is 0.205. The molecule has 5 heterocycles. The molecule has 1 fully saturated rings. The van der Waals surface area contributed by atoms with Crippen molar-refractivity contribution in [1.29, 1.82) is 0 Å². The topological polar surface area (TPSA) is 83.8 Å². The van der Waals surface area contributed by atoms with Crippen molar-refractivity contribution in [3.63, 3.8) is 0 Å². The van der Waals surface area contributed by atoms with E-state index in [9.17, 15) is 9.18 Å². The number of nitrogens with one attached hydrogen (secondary N) is 2. The van der Waals surface area contributed by atoms with Crippen LogP contribution in [0.3, 0.4) is 0 Å². The molecule has 1 saturated heterocycles. The Labute approximate surface area is 195 Å². The Kier molecular flexibility index (Phi) is 5.00. The van der Waals surface area contributed by atoms with Gasteiger partial charge in [0.15, 0.2) is 0 Å². The minimum atomic E-state index is -0.339. The number of hydrogen-bond donors (Lipinski definition) is 2. The van der Waals surface area contributed by atoms with Crippen LogP contribution < -0.4 is 10.6 Å². The highest BCUT2D eigenvalue weighted by molar-refractivity contribution is 6.06. The normalized spacial score (nSPS) is 15.9. The first-order valence-corrected chi connectivity index (χ1v) is 11.1. The largest absolute Gasteiger partial charge is 0.379 e. The fraction of sp³-hybridized carbons (Fsp3) is 0.240. The predicted octanol–water partition coefficient (Wildman–Crippen LogP) is 3.35. The van der Waals surface area contributed by atoms with Crippen molar-refractivity contribution >= 4 is 23.1 Å². The number of methoxy groups -OCH3 is 1. The molecule has 172 valence electrons. The summed E-state index contributed by atoms with van der Waals surface area (Å²) in [5.41, 5.74) is 5.32. The molecule has 0 radical (unpaired) electrons. The molecule has 6 rings (SSSR count). The van der Waals surface area contributed by atoms with Crippen LogP contribution in [0.2, 0.25) is 0 Å². The van der Waals surface area contributed by atoms with Crippen LogP contribution in [-0.4, -0.2) is 51.5 Å². The highest BCUT2D eigenvalue weighted by Crippen LogP contribution is 2.35. The molecule has 34 heavy (non-hydrogen) atoms. The summed E-state index contributed by atoms with van der Waals surface area (Å²) in [6.45, 7) is 2.97. The third-order valence-electron chi connectivity index (χ3n) is 6.43. The summed E-state index contributed by atoms with van der Waals surface area (Å²) in [5, 5.41) is 6.26. The molecule has 1 aromatic carbocycles. The number of carbonyl (C=O) groups excluding carboxylic acids is 1. The summed E-state index contributed by atoms with van der Waals surface area (Å²) < 4.78 is 20.8. The number of hydrogen-bond acceptors (Lipinski definition) is 6. The molecule has 0 aliphatic carbocycles. The molecule has 4 aromatic rings. The SMILES string of the molecule is COC1CN(Cc2cccc(Nc3ccc(-c4cnc5cc(F)ccn45)c4c3C(=O)NC4)n2)C1. The fourth-order valence-corrected chi connectivity index (χ4v) is 4.65. The standard InChI is InChI=1S/C25H23FN6O2/c1-34-17-13-31(14-17)12-16-3-2-4-22(29-16)30-20-6-5-18(19-10-28-25(33)24(19)20)21-11-27-23-9-15(26)7-8-32(21)23/h2-9,11,17H,10,12-14H2,1H3,(H,28,33)(H,29,30). The van der Waals surface area contributed by atoms with Gasteiger partial charge in [-0.05, 0) is 29.8 Å².